The lowest BCUT2D eigenvalue weighted by atomic mass is 10.1. The van der Waals surface area contributed by atoms with Crippen LogP contribution >= 0.6 is 0 Å². The zero-order chi connectivity index (χ0) is 17.1. The van der Waals surface area contributed by atoms with Crippen LogP contribution in [0.5, 0.6) is 0 Å². The van der Waals surface area contributed by atoms with E-state index >= 15 is 0 Å². The lowest BCUT2D eigenvalue weighted by Gasteiger charge is -1.96. The van der Waals surface area contributed by atoms with E-state index in [-0.39, 0.29) is 21.8 Å². The van der Waals surface area contributed by atoms with Crippen molar-refractivity contribution in [2.24, 2.45) is 0 Å². The molecular formula is C19H17N3O2. The quantitative estimate of drug-likeness (QED) is 0.731. The lowest BCUT2D eigenvalue weighted by molar-refractivity contribution is 1.00. The zero-order valence-electron chi connectivity index (χ0n) is 13.5. The molecule has 0 atom stereocenters. The molecule has 1 aromatic carbocycles. The number of rotatable bonds is 2. The minimum atomic E-state index is -0.365. The number of nitrogens with zero attached hydrogens (tertiary/aromatic N) is 1. The molecule has 0 aliphatic heterocycles. The molecule has 3 rings (SSSR count). The number of aryl methyl sites for hydroxylation is 2. The summed E-state index contributed by atoms with van der Waals surface area (Å²) in [6.45, 7) is 3.92. The fourth-order valence-corrected chi connectivity index (χ4v) is 2.24. The van der Waals surface area contributed by atoms with Gasteiger partial charge in [0.1, 0.15) is 10.7 Å². The van der Waals surface area contributed by atoms with Gasteiger partial charge >= 0.3 is 0 Å². The largest absolute Gasteiger partial charge is 0.316 e. The topological polar surface area (TPSA) is 78.6 Å². The lowest BCUT2D eigenvalue weighted by Crippen LogP contribution is -2.46. The van der Waals surface area contributed by atoms with Gasteiger partial charge in [0.15, 0.2) is 0 Å². The van der Waals surface area contributed by atoms with Crippen molar-refractivity contribution >= 4 is 12.2 Å². The summed E-state index contributed by atoms with van der Waals surface area (Å²) in [7, 11) is 0. The van der Waals surface area contributed by atoms with Gasteiger partial charge in [-0.05, 0) is 43.2 Å². The number of hydrogen-bond donors (Lipinski definition) is 2. The molecule has 0 unspecified atom stereocenters. The fraction of sp³-hybridized carbons (Fsp3) is 0.105. The van der Waals surface area contributed by atoms with E-state index in [1.165, 1.54) is 0 Å². The van der Waals surface area contributed by atoms with Crippen LogP contribution in [0.25, 0.3) is 12.2 Å². The summed E-state index contributed by atoms with van der Waals surface area (Å²) in [6.07, 6.45) is 4.90. The van der Waals surface area contributed by atoms with Gasteiger partial charge in [0.25, 0.3) is 11.1 Å². The Labute approximate surface area is 138 Å². The summed E-state index contributed by atoms with van der Waals surface area (Å²) in [5.74, 6) is 0. The highest BCUT2D eigenvalue weighted by atomic mass is 16.1. The van der Waals surface area contributed by atoms with Gasteiger partial charge in [0.05, 0.1) is 5.69 Å². The third-order valence-electron chi connectivity index (χ3n) is 3.60. The molecule has 0 spiro atoms. The second-order valence-electron chi connectivity index (χ2n) is 5.70. The molecule has 0 aliphatic carbocycles. The van der Waals surface area contributed by atoms with Crippen molar-refractivity contribution in [1.82, 2.24) is 15.0 Å². The molecule has 3 aromatic rings. The number of hydrogen-bond acceptors (Lipinski definition) is 3. The minimum absolute atomic E-state index is 0.178. The van der Waals surface area contributed by atoms with E-state index < -0.39 is 0 Å². The van der Waals surface area contributed by atoms with E-state index in [1.807, 2.05) is 44.2 Å². The molecule has 0 radical (unpaired) electrons. The van der Waals surface area contributed by atoms with Crippen molar-refractivity contribution in [1.29, 1.82) is 0 Å². The number of benzene rings is 1. The third-order valence-corrected chi connectivity index (χ3v) is 3.60. The molecule has 5 nitrogen and oxygen atoms in total. The van der Waals surface area contributed by atoms with Crippen molar-refractivity contribution < 1.29 is 0 Å². The molecule has 0 saturated carbocycles. The molecule has 2 N–H and O–H groups in total. The number of nitrogens with one attached hydrogen (secondary N) is 2. The average Bonchev–Trinajstić information content (AvgIpc) is 2.56. The number of aromatic nitrogens is 3. The smallest absolute Gasteiger partial charge is 0.272 e. The first-order chi connectivity index (χ1) is 11.5. The standard InChI is InChI=1S/C19H17N3O2/c1-12-3-6-14(7-4-12)9-16-18(23)22-17(19(24)21-16)10-15-8-5-13(2)11-20-15/h3-11H,1-2H3,(H,21,24)(H,22,23). The van der Waals surface area contributed by atoms with E-state index in [2.05, 4.69) is 15.0 Å². The predicted octanol–water partition coefficient (Wildman–Crippen LogP) is 0.733. The van der Waals surface area contributed by atoms with Crippen molar-refractivity contribution in [2.45, 2.75) is 13.8 Å². The van der Waals surface area contributed by atoms with Crippen molar-refractivity contribution in [3.63, 3.8) is 0 Å². The Bertz CT molecular complexity index is 998. The second-order valence-corrected chi connectivity index (χ2v) is 5.70. The zero-order valence-corrected chi connectivity index (χ0v) is 13.5. The maximum atomic E-state index is 12.2. The van der Waals surface area contributed by atoms with Gasteiger partial charge < -0.3 is 9.97 Å². The third kappa shape index (κ3) is 3.57. The van der Waals surface area contributed by atoms with Crippen LogP contribution in [0.3, 0.4) is 0 Å². The summed E-state index contributed by atoms with van der Waals surface area (Å²) in [4.78, 5) is 33.9. The molecule has 0 fully saturated rings. The molecule has 0 bridgehead atoms. The molecule has 5 heteroatoms. The Hall–Kier alpha value is -3.21. The van der Waals surface area contributed by atoms with Crippen molar-refractivity contribution in [3.8, 4) is 0 Å². The first-order valence-electron chi connectivity index (χ1n) is 7.57. The number of pyridine rings is 1. The van der Waals surface area contributed by atoms with Gasteiger partial charge in [-0.1, -0.05) is 35.9 Å². The highest BCUT2D eigenvalue weighted by molar-refractivity contribution is 5.48. The second kappa shape index (κ2) is 6.50. The average molecular weight is 319 g/mol. The summed E-state index contributed by atoms with van der Waals surface area (Å²) in [5.41, 5.74) is 2.89. The minimum Gasteiger partial charge on any atom is -0.316 e. The highest BCUT2D eigenvalue weighted by Crippen LogP contribution is 2.02. The molecule has 0 amide bonds. The fourth-order valence-electron chi connectivity index (χ4n) is 2.24. The van der Waals surface area contributed by atoms with Crippen LogP contribution in [0, 0.1) is 13.8 Å². The molecule has 24 heavy (non-hydrogen) atoms. The van der Waals surface area contributed by atoms with Gasteiger partial charge in [-0.2, -0.15) is 0 Å². The maximum absolute atomic E-state index is 12.2. The first kappa shape index (κ1) is 15.7. The Kier molecular flexibility index (Phi) is 4.24. The van der Waals surface area contributed by atoms with Gasteiger partial charge in [0.2, 0.25) is 0 Å². The molecule has 120 valence electrons. The normalized spacial score (nSPS) is 12.6. The SMILES string of the molecule is Cc1ccc(C=c2[nH]c(=O)c(=Cc3ccc(C)cn3)[nH]c2=O)cc1. The number of aromatic amines is 2. The van der Waals surface area contributed by atoms with Crippen LogP contribution in [0.2, 0.25) is 0 Å². The highest BCUT2D eigenvalue weighted by Gasteiger charge is 1.97. The number of H-pyrrole nitrogens is 2. The van der Waals surface area contributed by atoms with Crippen LogP contribution in [-0.4, -0.2) is 15.0 Å². The van der Waals surface area contributed by atoms with Crippen molar-refractivity contribution in [2.75, 3.05) is 0 Å². The van der Waals surface area contributed by atoms with Gasteiger partial charge in [-0.15, -0.1) is 0 Å². The van der Waals surface area contributed by atoms with Crippen molar-refractivity contribution in [3.05, 3.63) is 96.4 Å². The molecular weight excluding hydrogens is 302 g/mol. The van der Waals surface area contributed by atoms with Crippen LogP contribution in [0.1, 0.15) is 22.4 Å². The van der Waals surface area contributed by atoms with Crippen LogP contribution < -0.4 is 21.8 Å². The first-order valence-corrected chi connectivity index (χ1v) is 7.57. The Morgan fingerprint density at radius 3 is 1.96 bits per heavy atom. The van der Waals surface area contributed by atoms with E-state index in [9.17, 15) is 9.59 Å². The Morgan fingerprint density at radius 1 is 0.792 bits per heavy atom. The molecule has 0 saturated heterocycles. The maximum Gasteiger partial charge on any atom is 0.272 e. The van der Waals surface area contributed by atoms with E-state index in [0.29, 0.717) is 5.69 Å². The van der Waals surface area contributed by atoms with E-state index in [1.54, 1.807) is 24.4 Å². The van der Waals surface area contributed by atoms with E-state index in [0.717, 1.165) is 16.7 Å². The summed E-state index contributed by atoms with van der Waals surface area (Å²) in [5, 5.41) is 0.398. The Balaban J connectivity index is 2.09. The van der Waals surface area contributed by atoms with Gasteiger partial charge in [0, 0.05) is 6.20 Å². The summed E-state index contributed by atoms with van der Waals surface area (Å²) in [6, 6.07) is 11.4. The summed E-state index contributed by atoms with van der Waals surface area (Å²) >= 11 is 0. The van der Waals surface area contributed by atoms with Crippen LogP contribution in [-0.2, 0) is 0 Å². The van der Waals surface area contributed by atoms with Crippen LogP contribution in [0.4, 0.5) is 0 Å². The summed E-state index contributed by atoms with van der Waals surface area (Å²) < 4.78 is 0. The molecule has 2 aromatic heterocycles. The van der Waals surface area contributed by atoms with Gasteiger partial charge in [-0.25, -0.2) is 0 Å². The van der Waals surface area contributed by atoms with E-state index in [4.69, 9.17) is 0 Å². The Morgan fingerprint density at radius 2 is 1.38 bits per heavy atom. The predicted molar refractivity (Wildman–Crippen MR) is 94.2 cm³/mol. The van der Waals surface area contributed by atoms with Gasteiger partial charge in [-0.3, -0.25) is 14.6 Å². The molecule has 2 heterocycles. The monoisotopic (exact) mass is 319 g/mol. The van der Waals surface area contributed by atoms with Crippen LogP contribution in [0.15, 0.2) is 52.2 Å². The molecule has 0 aliphatic rings.